The van der Waals surface area contributed by atoms with Crippen LogP contribution in [0.2, 0.25) is 0 Å². The maximum Gasteiger partial charge on any atom is 0.428 e. The average molecular weight is 212 g/mol. The van der Waals surface area contributed by atoms with Crippen molar-refractivity contribution in [3.63, 3.8) is 0 Å². The molecule has 0 saturated heterocycles. The minimum atomic E-state index is -0.397. The molecule has 0 N–H and O–H groups in total. The molecule has 15 heavy (non-hydrogen) atoms. The van der Waals surface area contributed by atoms with Gasteiger partial charge in [0.05, 0.1) is 6.61 Å². The third kappa shape index (κ3) is 5.65. The summed E-state index contributed by atoms with van der Waals surface area (Å²) in [6.07, 6.45) is 8.76. The van der Waals surface area contributed by atoms with Crippen molar-refractivity contribution in [2.75, 3.05) is 13.2 Å². The van der Waals surface area contributed by atoms with E-state index < -0.39 is 6.09 Å². The monoisotopic (exact) mass is 212 g/mol. The van der Waals surface area contributed by atoms with Crippen molar-refractivity contribution in [3.8, 4) is 0 Å². The van der Waals surface area contributed by atoms with Gasteiger partial charge >= 0.3 is 6.09 Å². The number of rotatable bonds is 4. The van der Waals surface area contributed by atoms with Crippen LogP contribution in [-0.2, 0) is 4.74 Å². The lowest BCUT2D eigenvalue weighted by Gasteiger charge is -2.12. The summed E-state index contributed by atoms with van der Waals surface area (Å²) >= 11 is 0. The highest BCUT2D eigenvalue weighted by Gasteiger charge is 2.12. The molecule has 0 heterocycles. The average Bonchev–Trinajstić information content (AvgIpc) is 2.47. The van der Waals surface area contributed by atoms with E-state index >= 15 is 0 Å². The molecule has 1 fully saturated rings. The second-order valence-corrected chi connectivity index (χ2v) is 4.23. The minimum Gasteiger partial charge on any atom is -0.448 e. The lowest BCUT2D eigenvalue weighted by molar-refractivity contribution is 0.150. The van der Waals surface area contributed by atoms with Gasteiger partial charge in [0.1, 0.15) is 0 Å². The van der Waals surface area contributed by atoms with Gasteiger partial charge in [-0.3, -0.25) is 0 Å². The highest BCUT2D eigenvalue weighted by atomic mass is 16.5. The van der Waals surface area contributed by atoms with Crippen molar-refractivity contribution in [1.82, 2.24) is 5.32 Å². The van der Waals surface area contributed by atoms with Crippen molar-refractivity contribution in [2.24, 2.45) is 5.92 Å². The fraction of sp³-hybridized carbons (Fsp3) is 0.917. The molecule has 0 unspecified atom stereocenters. The lowest BCUT2D eigenvalue weighted by atomic mass is 9.97. The second kappa shape index (κ2) is 7.55. The molecule has 1 aliphatic rings. The Kier molecular flexibility index (Phi) is 6.21. The Bertz CT molecular complexity index is 174. The molecule has 0 aliphatic heterocycles. The van der Waals surface area contributed by atoms with Gasteiger partial charge in [-0.25, -0.2) is 10.1 Å². The van der Waals surface area contributed by atoms with Gasteiger partial charge in [-0.05, 0) is 19.3 Å². The number of carbonyl (C=O) groups is 1. The largest absolute Gasteiger partial charge is 0.448 e. The van der Waals surface area contributed by atoms with Gasteiger partial charge < -0.3 is 4.74 Å². The number of hydrogen-bond acceptors (Lipinski definition) is 2. The first-order valence-corrected chi connectivity index (χ1v) is 6.17. The van der Waals surface area contributed by atoms with Crippen LogP contribution in [0.15, 0.2) is 0 Å². The molecule has 1 aliphatic carbocycles. The highest BCUT2D eigenvalue weighted by molar-refractivity contribution is 5.66. The Balaban J connectivity index is 2.05. The van der Waals surface area contributed by atoms with Crippen LogP contribution in [0.1, 0.15) is 51.9 Å². The normalized spacial score (nSPS) is 18.2. The molecule has 1 amide bonds. The number of amides is 1. The van der Waals surface area contributed by atoms with Crippen molar-refractivity contribution < 1.29 is 9.53 Å². The van der Waals surface area contributed by atoms with E-state index in [1.807, 2.05) is 0 Å². The summed E-state index contributed by atoms with van der Waals surface area (Å²) in [5.74, 6) is 0.783. The maximum atomic E-state index is 11.0. The summed E-state index contributed by atoms with van der Waals surface area (Å²) in [4.78, 5) is 11.0. The summed E-state index contributed by atoms with van der Waals surface area (Å²) in [6, 6.07) is 0. The topological polar surface area (TPSA) is 40.4 Å². The van der Waals surface area contributed by atoms with Gasteiger partial charge in [-0.15, -0.1) is 0 Å². The van der Waals surface area contributed by atoms with Crippen LogP contribution in [0.3, 0.4) is 0 Å². The molecule has 0 aromatic heterocycles. The lowest BCUT2D eigenvalue weighted by Crippen LogP contribution is -2.19. The Morgan fingerprint density at radius 3 is 2.53 bits per heavy atom. The summed E-state index contributed by atoms with van der Waals surface area (Å²) in [7, 11) is 0. The number of carbonyl (C=O) groups excluding carboxylic acids is 1. The summed E-state index contributed by atoms with van der Waals surface area (Å²) in [5, 5.41) is 3.88. The van der Waals surface area contributed by atoms with E-state index in [0.29, 0.717) is 13.2 Å². The predicted octanol–water partition coefficient (Wildman–Crippen LogP) is 3.11. The first-order chi connectivity index (χ1) is 7.33. The van der Waals surface area contributed by atoms with Crippen LogP contribution in [0.25, 0.3) is 0 Å². The SMILES string of the molecule is CCOC(=O)[N]CCC1CCCCCC1. The molecular formula is C12H22NO2. The van der Waals surface area contributed by atoms with Gasteiger partial charge in [0.15, 0.2) is 0 Å². The van der Waals surface area contributed by atoms with Crippen LogP contribution in [0, 0.1) is 5.92 Å². The van der Waals surface area contributed by atoms with E-state index in [2.05, 4.69) is 5.32 Å². The Hall–Kier alpha value is -0.730. The molecule has 0 atom stereocenters. The molecule has 3 heteroatoms. The van der Waals surface area contributed by atoms with Crippen LogP contribution >= 0.6 is 0 Å². The minimum absolute atomic E-state index is 0.397. The third-order valence-corrected chi connectivity index (χ3v) is 3.02. The first-order valence-electron chi connectivity index (χ1n) is 6.17. The van der Waals surface area contributed by atoms with Gasteiger partial charge in [-0.1, -0.05) is 38.5 Å². The zero-order valence-electron chi connectivity index (χ0n) is 9.71. The zero-order chi connectivity index (χ0) is 10.9. The molecule has 1 rings (SSSR count). The highest BCUT2D eigenvalue weighted by Crippen LogP contribution is 2.24. The molecular weight excluding hydrogens is 190 g/mol. The fourth-order valence-electron chi connectivity index (χ4n) is 2.16. The number of hydrogen-bond donors (Lipinski definition) is 0. The van der Waals surface area contributed by atoms with Crippen LogP contribution < -0.4 is 5.32 Å². The molecule has 0 bridgehead atoms. The summed E-state index contributed by atoms with van der Waals surface area (Å²) in [5.41, 5.74) is 0. The number of ether oxygens (including phenoxy) is 1. The van der Waals surface area contributed by atoms with E-state index in [1.165, 1.54) is 38.5 Å². The van der Waals surface area contributed by atoms with Gasteiger partial charge in [0.25, 0.3) is 0 Å². The zero-order valence-corrected chi connectivity index (χ0v) is 9.71. The van der Waals surface area contributed by atoms with Gasteiger partial charge in [-0.2, -0.15) is 0 Å². The molecule has 3 nitrogen and oxygen atoms in total. The molecule has 1 radical (unpaired) electrons. The van der Waals surface area contributed by atoms with Gasteiger partial charge in [0, 0.05) is 6.54 Å². The molecule has 0 aromatic carbocycles. The van der Waals surface area contributed by atoms with Crippen LogP contribution in [-0.4, -0.2) is 19.2 Å². The van der Waals surface area contributed by atoms with Crippen LogP contribution in [0.4, 0.5) is 4.79 Å². The van der Waals surface area contributed by atoms with Crippen molar-refractivity contribution in [3.05, 3.63) is 0 Å². The molecule has 0 spiro atoms. The smallest absolute Gasteiger partial charge is 0.428 e. The molecule has 0 aromatic rings. The van der Waals surface area contributed by atoms with Crippen molar-refractivity contribution in [1.29, 1.82) is 0 Å². The Morgan fingerprint density at radius 2 is 1.93 bits per heavy atom. The van der Waals surface area contributed by atoms with E-state index in [-0.39, 0.29) is 0 Å². The van der Waals surface area contributed by atoms with E-state index in [9.17, 15) is 4.79 Å². The second-order valence-electron chi connectivity index (χ2n) is 4.23. The van der Waals surface area contributed by atoms with Crippen molar-refractivity contribution >= 4 is 6.09 Å². The third-order valence-electron chi connectivity index (χ3n) is 3.02. The Labute approximate surface area is 92.6 Å². The van der Waals surface area contributed by atoms with Crippen molar-refractivity contribution in [2.45, 2.75) is 51.9 Å². The van der Waals surface area contributed by atoms with E-state index in [4.69, 9.17) is 4.74 Å². The quantitative estimate of drug-likeness (QED) is 0.672. The fourth-order valence-corrected chi connectivity index (χ4v) is 2.16. The predicted molar refractivity (Wildman–Crippen MR) is 59.8 cm³/mol. The van der Waals surface area contributed by atoms with Gasteiger partial charge in [0.2, 0.25) is 0 Å². The van der Waals surface area contributed by atoms with E-state index in [0.717, 1.165) is 12.3 Å². The standard InChI is InChI=1S/C12H22NO2/c1-2-15-12(14)13-10-9-11-7-5-3-4-6-8-11/h11H,2-10H2,1H3. The van der Waals surface area contributed by atoms with Crippen LogP contribution in [0.5, 0.6) is 0 Å². The summed E-state index contributed by atoms with van der Waals surface area (Å²) in [6.45, 7) is 2.87. The number of nitrogens with zero attached hydrogens (tertiary/aromatic N) is 1. The van der Waals surface area contributed by atoms with E-state index in [1.54, 1.807) is 6.92 Å². The molecule has 87 valence electrons. The summed E-state index contributed by atoms with van der Waals surface area (Å²) < 4.78 is 4.75. The Morgan fingerprint density at radius 1 is 1.27 bits per heavy atom. The molecule has 1 saturated carbocycles. The first kappa shape index (κ1) is 12.3. The maximum absolute atomic E-state index is 11.0.